The number of amides is 3. The molecule has 0 bridgehead atoms. The van der Waals surface area contributed by atoms with Crippen molar-refractivity contribution in [3.8, 4) is 0 Å². The molecule has 1 aromatic carbocycles. The SMILES string of the molecule is O=C(NCc1ccco1)Nc1ccc(NC(=O)C2CCC2)cc1. The lowest BCUT2D eigenvalue weighted by Crippen LogP contribution is -2.28. The minimum Gasteiger partial charge on any atom is -0.467 e. The summed E-state index contributed by atoms with van der Waals surface area (Å²) < 4.78 is 5.14. The third-order valence-electron chi connectivity index (χ3n) is 3.89. The quantitative estimate of drug-likeness (QED) is 0.791. The van der Waals surface area contributed by atoms with Gasteiger partial charge in [-0.3, -0.25) is 4.79 Å². The van der Waals surface area contributed by atoms with E-state index in [9.17, 15) is 9.59 Å². The predicted octanol–water partition coefficient (Wildman–Crippen LogP) is 3.34. The summed E-state index contributed by atoms with van der Waals surface area (Å²) in [4.78, 5) is 23.6. The second-order valence-electron chi connectivity index (χ2n) is 5.58. The van der Waals surface area contributed by atoms with Crippen LogP contribution in [0.25, 0.3) is 0 Å². The van der Waals surface area contributed by atoms with Gasteiger partial charge in [-0.05, 0) is 49.2 Å². The molecule has 3 amide bonds. The zero-order chi connectivity index (χ0) is 16.1. The summed E-state index contributed by atoms with van der Waals surface area (Å²) in [5.41, 5.74) is 1.40. The second-order valence-corrected chi connectivity index (χ2v) is 5.58. The van der Waals surface area contributed by atoms with Crippen molar-refractivity contribution in [2.24, 2.45) is 5.92 Å². The van der Waals surface area contributed by atoms with Crippen molar-refractivity contribution < 1.29 is 14.0 Å². The van der Waals surface area contributed by atoms with E-state index in [2.05, 4.69) is 16.0 Å². The van der Waals surface area contributed by atoms with E-state index in [0.29, 0.717) is 18.0 Å². The van der Waals surface area contributed by atoms with Crippen LogP contribution in [0.2, 0.25) is 0 Å². The smallest absolute Gasteiger partial charge is 0.319 e. The number of rotatable bonds is 5. The van der Waals surface area contributed by atoms with E-state index in [4.69, 9.17) is 4.42 Å². The van der Waals surface area contributed by atoms with Gasteiger partial charge in [0.2, 0.25) is 5.91 Å². The van der Waals surface area contributed by atoms with Crippen LogP contribution < -0.4 is 16.0 Å². The normalized spacial score (nSPS) is 13.9. The summed E-state index contributed by atoms with van der Waals surface area (Å²) in [6.07, 6.45) is 4.64. The van der Waals surface area contributed by atoms with E-state index in [1.54, 1.807) is 42.7 Å². The largest absolute Gasteiger partial charge is 0.467 e. The molecule has 0 radical (unpaired) electrons. The molecular weight excluding hydrogens is 294 g/mol. The van der Waals surface area contributed by atoms with Crippen LogP contribution in [-0.4, -0.2) is 11.9 Å². The van der Waals surface area contributed by atoms with Crippen molar-refractivity contribution in [2.75, 3.05) is 10.6 Å². The third-order valence-corrected chi connectivity index (χ3v) is 3.89. The summed E-state index contributed by atoms with van der Waals surface area (Å²) in [6, 6.07) is 10.3. The van der Waals surface area contributed by atoms with E-state index >= 15 is 0 Å². The average molecular weight is 313 g/mol. The Bertz CT molecular complexity index is 661. The van der Waals surface area contributed by atoms with Gasteiger partial charge in [0, 0.05) is 17.3 Å². The summed E-state index contributed by atoms with van der Waals surface area (Å²) in [7, 11) is 0. The van der Waals surface area contributed by atoms with Crippen LogP contribution >= 0.6 is 0 Å². The number of nitrogens with one attached hydrogen (secondary N) is 3. The number of carbonyl (C=O) groups excluding carboxylic acids is 2. The van der Waals surface area contributed by atoms with Crippen LogP contribution in [0.4, 0.5) is 16.2 Å². The fraction of sp³-hybridized carbons (Fsp3) is 0.294. The van der Waals surface area contributed by atoms with Gasteiger partial charge in [0.1, 0.15) is 5.76 Å². The van der Waals surface area contributed by atoms with Gasteiger partial charge in [0.15, 0.2) is 0 Å². The topological polar surface area (TPSA) is 83.4 Å². The highest BCUT2D eigenvalue weighted by Crippen LogP contribution is 2.27. The lowest BCUT2D eigenvalue weighted by atomic mass is 9.85. The number of urea groups is 1. The molecule has 1 fully saturated rings. The lowest BCUT2D eigenvalue weighted by molar-refractivity contribution is -0.122. The Morgan fingerprint density at radius 2 is 1.74 bits per heavy atom. The molecule has 3 rings (SSSR count). The molecule has 1 aliphatic rings. The molecule has 6 nitrogen and oxygen atoms in total. The van der Waals surface area contributed by atoms with E-state index < -0.39 is 0 Å². The maximum Gasteiger partial charge on any atom is 0.319 e. The zero-order valence-electron chi connectivity index (χ0n) is 12.7. The molecule has 1 aliphatic carbocycles. The molecule has 0 atom stereocenters. The van der Waals surface area contributed by atoms with E-state index in [-0.39, 0.29) is 17.9 Å². The maximum atomic E-state index is 11.9. The van der Waals surface area contributed by atoms with Gasteiger partial charge in [-0.25, -0.2) is 4.79 Å². The number of furan rings is 1. The molecule has 120 valence electrons. The molecule has 0 unspecified atom stereocenters. The molecule has 23 heavy (non-hydrogen) atoms. The van der Waals surface area contributed by atoms with Crippen molar-refractivity contribution in [3.63, 3.8) is 0 Å². The fourth-order valence-electron chi connectivity index (χ4n) is 2.31. The minimum absolute atomic E-state index is 0.0770. The zero-order valence-corrected chi connectivity index (χ0v) is 12.7. The highest BCUT2D eigenvalue weighted by molar-refractivity contribution is 5.94. The number of hydrogen-bond acceptors (Lipinski definition) is 3. The monoisotopic (exact) mass is 313 g/mol. The van der Waals surface area contributed by atoms with Crippen LogP contribution in [0, 0.1) is 5.92 Å². The molecule has 1 heterocycles. The molecule has 1 aromatic heterocycles. The van der Waals surface area contributed by atoms with Gasteiger partial charge in [0.05, 0.1) is 12.8 Å². The predicted molar refractivity (Wildman–Crippen MR) is 87.0 cm³/mol. The van der Waals surface area contributed by atoms with Crippen LogP contribution in [-0.2, 0) is 11.3 Å². The Labute approximate surface area is 134 Å². The Morgan fingerprint density at radius 1 is 1.04 bits per heavy atom. The Morgan fingerprint density at radius 3 is 2.30 bits per heavy atom. The highest BCUT2D eigenvalue weighted by atomic mass is 16.3. The minimum atomic E-state index is -0.312. The average Bonchev–Trinajstić information content (AvgIpc) is 2.99. The molecular formula is C17H19N3O3. The van der Waals surface area contributed by atoms with Gasteiger partial charge in [0.25, 0.3) is 0 Å². The van der Waals surface area contributed by atoms with Crippen molar-refractivity contribution in [3.05, 3.63) is 48.4 Å². The van der Waals surface area contributed by atoms with Gasteiger partial charge in [-0.15, -0.1) is 0 Å². The molecule has 0 spiro atoms. The Kier molecular flexibility index (Phi) is 4.61. The summed E-state index contributed by atoms with van der Waals surface area (Å²) in [5, 5.41) is 8.31. The lowest BCUT2D eigenvalue weighted by Gasteiger charge is -2.24. The van der Waals surface area contributed by atoms with Crippen molar-refractivity contribution in [1.82, 2.24) is 5.32 Å². The highest BCUT2D eigenvalue weighted by Gasteiger charge is 2.24. The standard InChI is InChI=1S/C17H19N3O3/c21-16(12-3-1-4-12)19-13-6-8-14(9-7-13)20-17(22)18-11-15-5-2-10-23-15/h2,5-10,12H,1,3-4,11H2,(H,19,21)(H2,18,20,22). The molecule has 1 saturated carbocycles. The van der Waals surface area contributed by atoms with Gasteiger partial charge in [-0.2, -0.15) is 0 Å². The Hall–Kier alpha value is -2.76. The first-order valence-electron chi connectivity index (χ1n) is 7.69. The molecule has 2 aromatic rings. The van der Waals surface area contributed by atoms with Crippen LogP contribution in [0.1, 0.15) is 25.0 Å². The first-order chi connectivity index (χ1) is 11.2. The first kappa shape index (κ1) is 15.1. The van der Waals surface area contributed by atoms with Crippen LogP contribution in [0.15, 0.2) is 47.1 Å². The number of carbonyl (C=O) groups is 2. The van der Waals surface area contributed by atoms with Crippen molar-refractivity contribution in [1.29, 1.82) is 0 Å². The van der Waals surface area contributed by atoms with Crippen LogP contribution in [0.3, 0.4) is 0 Å². The van der Waals surface area contributed by atoms with Gasteiger partial charge < -0.3 is 20.4 Å². The van der Waals surface area contributed by atoms with Crippen molar-refractivity contribution in [2.45, 2.75) is 25.8 Å². The molecule has 3 N–H and O–H groups in total. The second kappa shape index (κ2) is 7.00. The fourth-order valence-corrected chi connectivity index (χ4v) is 2.31. The number of hydrogen-bond donors (Lipinski definition) is 3. The van der Waals surface area contributed by atoms with E-state index in [1.807, 2.05) is 0 Å². The summed E-state index contributed by atoms with van der Waals surface area (Å²) in [5.74, 6) is 0.919. The third kappa shape index (κ3) is 4.12. The number of benzene rings is 1. The van der Waals surface area contributed by atoms with Crippen molar-refractivity contribution >= 4 is 23.3 Å². The number of anilines is 2. The maximum absolute atomic E-state index is 11.9. The Balaban J connectivity index is 1.46. The van der Waals surface area contributed by atoms with E-state index in [0.717, 1.165) is 24.9 Å². The summed E-state index contributed by atoms with van der Waals surface area (Å²) in [6.45, 7) is 0.328. The summed E-state index contributed by atoms with van der Waals surface area (Å²) >= 11 is 0. The van der Waals surface area contributed by atoms with Gasteiger partial charge in [-0.1, -0.05) is 6.42 Å². The first-order valence-corrected chi connectivity index (χ1v) is 7.69. The van der Waals surface area contributed by atoms with E-state index in [1.165, 1.54) is 0 Å². The molecule has 0 saturated heterocycles. The van der Waals surface area contributed by atoms with Gasteiger partial charge >= 0.3 is 6.03 Å². The molecule has 6 heteroatoms. The van der Waals surface area contributed by atoms with Crippen LogP contribution in [0.5, 0.6) is 0 Å². The molecule has 0 aliphatic heterocycles.